The first kappa shape index (κ1) is 44.0. The molecule has 0 saturated heterocycles. The van der Waals surface area contributed by atoms with E-state index < -0.39 is 23.9 Å². The second-order valence-corrected chi connectivity index (χ2v) is 8.79. The number of nitrogens with zero attached hydrogens (tertiary/aromatic N) is 1. The summed E-state index contributed by atoms with van der Waals surface area (Å²) in [4.78, 5) is 59.4. The number of rotatable bonds is 11. The summed E-state index contributed by atoms with van der Waals surface area (Å²) >= 11 is 0. The highest BCUT2D eigenvalue weighted by Crippen LogP contribution is 2.06. The molecule has 1 aromatic rings. The van der Waals surface area contributed by atoms with Crippen molar-refractivity contribution in [1.82, 2.24) is 26.6 Å². The van der Waals surface area contributed by atoms with Gasteiger partial charge in [-0.2, -0.15) is 0 Å². The Morgan fingerprint density at radius 2 is 1.61 bits per heavy atom. The number of nitrogens with two attached hydrogens (primary N) is 1. The van der Waals surface area contributed by atoms with E-state index in [0.717, 1.165) is 25.1 Å². The smallest absolute Gasteiger partial charge is 0.315 e. The van der Waals surface area contributed by atoms with Crippen LogP contribution in [0.3, 0.4) is 0 Å². The number of aldehydes is 2. The number of guanidine groups is 1. The number of nitrogens with one attached hydrogen (secondary N) is 5. The molecule has 12 heteroatoms. The highest BCUT2D eigenvalue weighted by molar-refractivity contribution is 5.89. The van der Waals surface area contributed by atoms with E-state index in [0.29, 0.717) is 25.0 Å². The fraction of sp³-hybridized carbons (Fsp3) is 0.500. The second-order valence-electron chi connectivity index (χ2n) is 8.79. The minimum atomic E-state index is -0.695. The van der Waals surface area contributed by atoms with E-state index in [1.165, 1.54) is 12.0 Å². The zero-order valence-electron chi connectivity index (χ0n) is 27.6. The highest BCUT2D eigenvalue weighted by atomic mass is 16.2. The van der Waals surface area contributed by atoms with Crippen molar-refractivity contribution in [3.63, 3.8) is 0 Å². The summed E-state index contributed by atoms with van der Waals surface area (Å²) in [6.45, 7) is 15.0. The highest BCUT2D eigenvalue weighted by Gasteiger charge is 2.13. The number of carbonyl (C=O) groups excluding carboxylic acids is 5. The maximum absolute atomic E-state index is 11.8. The zero-order chi connectivity index (χ0) is 34.0. The summed E-state index contributed by atoms with van der Waals surface area (Å²) in [7, 11) is 0. The van der Waals surface area contributed by atoms with Gasteiger partial charge in [-0.05, 0) is 33.6 Å². The fourth-order valence-corrected chi connectivity index (χ4v) is 2.83. The lowest BCUT2D eigenvalue weighted by Crippen LogP contribution is -2.46. The molecular weight excluding hydrogens is 562 g/mol. The first-order valence-corrected chi connectivity index (χ1v) is 15.0. The average Bonchev–Trinajstić information content (AvgIpc) is 3.03. The number of carbonyl (C=O) groups is 5. The predicted octanol–water partition coefficient (Wildman–Crippen LogP) is 2.93. The molecule has 12 nitrogen and oxygen atoms in total. The number of aliphatic imine (C=N–C) groups is 1. The lowest BCUT2D eigenvalue weighted by Gasteiger charge is -2.14. The number of aryl methyl sites for hydroxylation is 1. The maximum atomic E-state index is 11.8. The van der Waals surface area contributed by atoms with Crippen molar-refractivity contribution < 1.29 is 24.0 Å². The molecule has 0 spiro atoms. The third kappa shape index (κ3) is 30.5. The molecule has 1 heterocycles. The summed E-state index contributed by atoms with van der Waals surface area (Å²) in [6, 6.07) is 8.90. The van der Waals surface area contributed by atoms with Crippen molar-refractivity contribution in [1.29, 1.82) is 0 Å². The van der Waals surface area contributed by atoms with Crippen LogP contribution in [0.2, 0.25) is 0 Å². The SMILES string of the molecule is C/C=C\C(=C/C)CC(C=O)NC(=O)CNC(=O)CNC(=O)NCC=O.CC.CCC.Cc1ccccc1.NC1=NCCCN1. The molecule has 7 N–H and O–H groups in total. The van der Waals surface area contributed by atoms with Crippen molar-refractivity contribution in [3.05, 3.63) is 59.7 Å². The number of benzene rings is 1. The van der Waals surface area contributed by atoms with Gasteiger partial charge in [0.05, 0.1) is 25.7 Å². The summed E-state index contributed by atoms with van der Waals surface area (Å²) in [5.41, 5.74) is 7.49. The molecular formula is C32H55N7O5. The predicted molar refractivity (Wildman–Crippen MR) is 179 cm³/mol. The van der Waals surface area contributed by atoms with Gasteiger partial charge in [-0.25, -0.2) is 4.79 Å². The molecule has 4 amide bonds. The Morgan fingerprint density at radius 3 is 2.02 bits per heavy atom. The number of amides is 4. The van der Waals surface area contributed by atoms with Gasteiger partial charge in [0, 0.05) is 13.1 Å². The number of hydrogen-bond acceptors (Lipinski definition) is 8. The molecule has 44 heavy (non-hydrogen) atoms. The van der Waals surface area contributed by atoms with E-state index in [4.69, 9.17) is 5.73 Å². The summed E-state index contributed by atoms with van der Waals surface area (Å²) < 4.78 is 0. The molecule has 248 valence electrons. The van der Waals surface area contributed by atoms with Crippen LogP contribution < -0.4 is 32.3 Å². The molecule has 1 aliphatic heterocycles. The minimum Gasteiger partial charge on any atom is -0.370 e. The van der Waals surface area contributed by atoms with Gasteiger partial charge in [-0.1, -0.05) is 93.8 Å². The van der Waals surface area contributed by atoms with Gasteiger partial charge in [-0.3, -0.25) is 14.6 Å². The Bertz CT molecular complexity index is 996. The third-order valence-corrected chi connectivity index (χ3v) is 4.78. The van der Waals surface area contributed by atoms with Crippen molar-refractivity contribution in [2.45, 2.75) is 73.8 Å². The fourth-order valence-electron chi connectivity index (χ4n) is 2.83. The Hall–Kier alpha value is -4.48. The van der Waals surface area contributed by atoms with Gasteiger partial charge in [0.1, 0.15) is 12.6 Å². The maximum Gasteiger partial charge on any atom is 0.315 e. The van der Waals surface area contributed by atoms with Crippen molar-refractivity contribution in [2.75, 3.05) is 32.7 Å². The summed E-state index contributed by atoms with van der Waals surface area (Å²) in [6.07, 6.45) is 9.35. The molecule has 0 saturated carbocycles. The zero-order valence-corrected chi connectivity index (χ0v) is 27.6. The average molecular weight is 618 g/mol. The van der Waals surface area contributed by atoms with Gasteiger partial charge in [0.25, 0.3) is 0 Å². The number of urea groups is 1. The standard InChI is InChI=1S/C16H24N4O5.C7H8.C4H9N3.C3H8.C2H6/c1-3-5-12(4-2)8-13(11-22)20-15(24)10-18-14(23)9-19-16(25)17-6-7-21;1-7-5-3-2-4-6-7;5-4-6-2-1-3-7-4;1-3-2;1-2/h3-5,7,11,13H,6,8-10H2,1-2H3,(H,18,23)(H,20,24)(H2,17,19,25);2-6H,1H3;1-3H2,(H3,5,6,7);3H2,1-2H3;1-2H3/b5-3-,12-4+;;;;. The van der Waals surface area contributed by atoms with Crippen LogP contribution in [0.4, 0.5) is 4.79 Å². The first-order chi connectivity index (χ1) is 21.2. The lowest BCUT2D eigenvalue weighted by atomic mass is 10.1. The van der Waals surface area contributed by atoms with E-state index in [2.05, 4.69) is 64.5 Å². The molecule has 2 rings (SSSR count). The van der Waals surface area contributed by atoms with E-state index in [9.17, 15) is 24.0 Å². The molecule has 0 bridgehead atoms. The topological polar surface area (TPSA) is 184 Å². The van der Waals surface area contributed by atoms with Gasteiger partial charge in [0.15, 0.2) is 5.96 Å². The molecule has 1 aliphatic rings. The van der Waals surface area contributed by atoms with E-state index in [1.54, 1.807) is 0 Å². The summed E-state index contributed by atoms with van der Waals surface area (Å²) in [5, 5.41) is 12.1. The largest absolute Gasteiger partial charge is 0.370 e. The van der Waals surface area contributed by atoms with Crippen LogP contribution in [0.1, 0.15) is 66.4 Å². The summed E-state index contributed by atoms with van der Waals surface area (Å²) in [5.74, 6) is -0.514. The first-order valence-electron chi connectivity index (χ1n) is 15.0. The van der Waals surface area contributed by atoms with Crippen molar-refractivity contribution in [2.24, 2.45) is 10.7 Å². The normalized spacial score (nSPS) is 12.1. The van der Waals surface area contributed by atoms with E-state index in [1.807, 2.05) is 64.1 Å². The monoisotopic (exact) mass is 617 g/mol. The molecule has 0 aliphatic carbocycles. The third-order valence-electron chi connectivity index (χ3n) is 4.78. The van der Waals surface area contributed by atoms with E-state index in [-0.39, 0.29) is 19.6 Å². The van der Waals surface area contributed by atoms with Crippen LogP contribution in [0.15, 0.2) is 59.1 Å². The van der Waals surface area contributed by atoms with Gasteiger partial charge < -0.3 is 41.9 Å². The molecule has 1 unspecified atom stereocenters. The van der Waals surface area contributed by atoms with Gasteiger partial charge >= 0.3 is 6.03 Å². The Morgan fingerprint density at radius 1 is 1.00 bits per heavy atom. The molecule has 0 aromatic heterocycles. The van der Waals surface area contributed by atoms with Crippen molar-refractivity contribution in [3.8, 4) is 0 Å². The Balaban J connectivity index is -0.000000703. The molecule has 1 atom stereocenters. The quantitative estimate of drug-likeness (QED) is 0.163. The van der Waals surface area contributed by atoms with Crippen LogP contribution in [0.25, 0.3) is 0 Å². The van der Waals surface area contributed by atoms with Gasteiger partial charge in [-0.15, -0.1) is 0 Å². The van der Waals surface area contributed by atoms with Gasteiger partial charge in [0.2, 0.25) is 11.8 Å². The van der Waals surface area contributed by atoms with Crippen molar-refractivity contribution >= 4 is 36.4 Å². The van der Waals surface area contributed by atoms with E-state index >= 15 is 0 Å². The van der Waals surface area contributed by atoms with Crippen LogP contribution in [-0.2, 0) is 19.2 Å². The van der Waals surface area contributed by atoms with Crippen LogP contribution in [0, 0.1) is 6.92 Å². The molecule has 1 aromatic carbocycles. The lowest BCUT2D eigenvalue weighted by molar-refractivity contribution is -0.126. The number of hydrogen-bond donors (Lipinski definition) is 6. The molecule has 0 fully saturated rings. The van der Waals surface area contributed by atoms with Crippen LogP contribution >= 0.6 is 0 Å². The number of allylic oxidation sites excluding steroid dienone is 3. The Kier molecular flexibility index (Phi) is 33.0. The minimum absolute atomic E-state index is 0.162. The van der Waals surface area contributed by atoms with Crippen LogP contribution in [-0.4, -0.2) is 75.1 Å². The Labute approximate surface area is 263 Å². The molecule has 0 radical (unpaired) electrons. The van der Waals surface area contributed by atoms with Crippen LogP contribution in [0.5, 0.6) is 0 Å². The second kappa shape index (κ2) is 33.0.